The average Bonchev–Trinajstić information content (AvgIpc) is 2.96. The summed E-state index contributed by atoms with van der Waals surface area (Å²) in [5, 5.41) is 16.5. The highest BCUT2D eigenvalue weighted by atomic mass is 32.2. The van der Waals surface area contributed by atoms with Gasteiger partial charge >= 0.3 is 0 Å². The number of nitrogens with zero attached hydrogens (tertiary/aromatic N) is 1. The first-order valence-corrected chi connectivity index (χ1v) is 8.12. The van der Waals surface area contributed by atoms with E-state index < -0.39 is 0 Å². The van der Waals surface area contributed by atoms with E-state index in [4.69, 9.17) is 0 Å². The van der Waals surface area contributed by atoms with Crippen molar-refractivity contribution in [2.45, 2.75) is 11.8 Å². The van der Waals surface area contributed by atoms with Crippen LogP contribution in [0, 0.1) is 0 Å². The van der Waals surface area contributed by atoms with Gasteiger partial charge in [0.2, 0.25) is 0 Å². The number of rotatable bonds is 4. The molecule has 2 aliphatic heterocycles. The Balaban J connectivity index is 1.68. The van der Waals surface area contributed by atoms with E-state index >= 15 is 0 Å². The number of hydrogen-bond acceptors (Lipinski definition) is 5. The van der Waals surface area contributed by atoms with Gasteiger partial charge in [0, 0.05) is 30.1 Å². The third-order valence-corrected chi connectivity index (χ3v) is 5.17. The number of thioether (sulfide) groups is 1. The van der Waals surface area contributed by atoms with Gasteiger partial charge in [0.1, 0.15) is 5.37 Å². The molecule has 1 aromatic rings. The highest BCUT2D eigenvalue weighted by molar-refractivity contribution is 8.03. The van der Waals surface area contributed by atoms with Gasteiger partial charge in [0.15, 0.2) is 0 Å². The third kappa shape index (κ3) is 3.04. The summed E-state index contributed by atoms with van der Waals surface area (Å²) in [6, 6.07) is 10.6. The van der Waals surface area contributed by atoms with Crippen LogP contribution < -0.4 is 10.6 Å². The molecule has 0 saturated heterocycles. The summed E-state index contributed by atoms with van der Waals surface area (Å²) in [5.41, 5.74) is 3.64. The summed E-state index contributed by atoms with van der Waals surface area (Å²) >= 11 is 1.90. The van der Waals surface area contributed by atoms with Crippen LogP contribution in [0.4, 0.5) is 0 Å². The molecular formula is C16H21N3OS. The third-order valence-electron chi connectivity index (χ3n) is 3.88. The Hall–Kier alpha value is -1.59. The molecule has 112 valence electrons. The first-order chi connectivity index (χ1) is 10.3. The van der Waals surface area contributed by atoms with Gasteiger partial charge in [0.05, 0.1) is 18.5 Å². The van der Waals surface area contributed by atoms with Crippen molar-refractivity contribution < 1.29 is 5.11 Å². The zero-order chi connectivity index (χ0) is 14.7. The van der Waals surface area contributed by atoms with Gasteiger partial charge in [-0.15, -0.1) is 0 Å². The largest absolute Gasteiger partial charge is 0.514 e. The van der Waals surface area contributed by atoms with Gasteiger partial charge in [-0.05, 0) is 12.6 Å². The van der Waals surface area contributed by atoms with Crippen molar-refractivity contribution in [3.63, 3.8) is 0 Å². The van der Waals surface area contributed by atoms with Gasteiger partial charge in [-0.3, -0.25) is 0 Å². The summed E-state index contributed by atoms with van der Waals surface area (Å²) in [7, 11) is 1.90. The Kier molecular flexibility index (Phi) is 4.41. The maximum absolute atomic E-state index is 9.40. The maximum Gasteiger partial charge on any atom is 0.102 e. The molecule has 2 aliphatic rings. The smallest absolute Gasteiger partial charge is 0.102 e. The van der Waals surface area contributed by atoms with Gasteiger partial charge in [-0.1, -0.05) is 42.1 Å². The Bertz CT molecular complexity index is 556. The maximum atomic E-state index is 9.40. The minimum absolute atomic E-state index is 0.321. The summed E-state index contributed by atoms with van der Waals surface area (Å²) in [4.78, 5) is 3.64. The molecule has 0 fully saturated rings. The van der Waals surface area contributed by atoms with E-state index in [0.29, 0.717) is 11.9 Å². The van der Waals surface area contributed by atoms with Gasteiger partial charge in [0.25, 0.3) is 0 Å². The number of benzene rings is 1. The molecule has 0 saturated carbocycles. The number of nitrogens with one attached hydrogen (secondary N) is 2. The quantitative estimate of drug-likeness (QED) is 0.746. The zero-order valence-corrected chi connectivity index (χ0v) is 13.0. The molecule has 5 heteroatoms. The Labute approximate surface area is 129 Å². The Morgan fingerprint density at radius 3 is 3.00 bits per heavy atom. The van der Waals surface area contributed by atoms with E-state index in [1.54, 1.807) is 0 Å². The fourth-order valence-electron chi connectivity index (χ4n) is 2.77. The average molecular weight is 303 g/mol. The van der Waals surface area contributed by atoms with E-state index in [1.165, 1.54) is 22.4 Å². The number of hydrogen-bond donors (Lipinski definition) is 3. The lowest BCUT2D eigenvalue weighted by Gasteiger charge is -2.30. The Morgan fingerprint density at radius 2 is 2.29 bits per heavy atom. The molecule has 0 amide bonds. The highest BCUT2D eigenvalue weighted by Gasteiger charge is 2.30. The summed E-state index contributed by atoms with van der Waals surface area (Å²) in [6.45, 7) is 2.52. The van der Waals surface area contributed by atoms with E-state index in [2.05, 4.69) is 39.8 Å². The zero-order valence-electron chi connectivity index (χ0n) is 12.2. The van der Waals surface area contributed by atoms with Crippen LogP contribution in [0.1, 0.15) is 17.4 Å². The van der Waals surface area contributed by atoms with Crippen molar-refractivity contribution in [3.05, 3.63) is 58.5 Å². The number of likely N-dealkylation sites (N-methyl/N-ethyl adjacent to an activating group) is 1. The first-order valence-electron chi connectivity index (χ1n) is 7.25. The van der Waals surface area contributed by atoms with Crippen LogP contribution in [0.2, 0.25) is 0 Å². The van der Waals surface area contributed by atoms with Crippen LogP contribution in [0.25, 0.3) is 0 Å². The van der Waals surface area contributed by atoms with Crippen LogP contribution in [0.3, 0.4) is 0 Å². The van der Waals surface area contributed by atoms with Crippen molar-refractivity contribution >= 4 is 11.8 Å². The topological polar surface area (TPSA) is 47.5 Å². The van der Waals surface area contributed by atoms with Crippen molar-refractivity contribution in [2.24, 2.45) is 0 Å². The minimum atomic E-state index is 0.321. The van der Waals surface area contributed by atoms with Crippen molar-refractivity contribution in [1.82, 2.24) is 15.5 Å². The number of aliphatic hydroxyl groups excluding tert-OH is 1. The van der Waals surface area contributed by atoms with Crippen LogP contribution in [0.15, 0.2) is 52.9 Å². The molecule has 3 N–H and O–H groups in total. The van der Waals surface area contributed by atoms with E-state index in [-0.39, 0.29) is 0 Å². The normalized spacial score (nSPS) is 22.2. The van der Waals surface area contributed by atoms with Crippen molar-refractivity contribution in [2.75, 3.05) is 26.7 Å². The monoisotopic (exact) mass is 303 g/mol. The van der Waals surface area contributed by atoms with E-state index in [1.807, 2.05) is 24.9 Å². The van der Waals surface area contributed by atoms with Crippen LogP contribution >= 0.6 is 11.8 Å². The SMILES string of the molecule is CNC/C(=C/O)N1CCC2=C(C1)SC(c1ccccc1)N2. The van der Waals surface area contributed by atoms with Crippen molar-refractivity contribution in [3.8, 4) is 0 Å². The second-order valence-electron chi connectivity index (χ2n) is 5.28. The minimum Gasteiger partial charge on any atom is -0.514 e. The molecule has 1 atom stereocenters. The fourth-order valence-corrected chi connectivity index (χ4v) is 4.08. The summed E-state index contributed by atoms with van der Waals surface area (Å²) < 4.78 is 0. The molecule has 2 heterocycles. The molecule has 0 bridgehead atoms. The van der Waals surface area contributed by atoms with Gasteiger partial charge in [-0.25, -0.2) is 0 Å². The molecule has 0 aliphatic carbocycles. The molecule has 0 aromatic heterocycles. The predicted molar refractivity (Wildman–Crippen MR) is 87.8 cm³/mol. The standard InChI is InChI=1S/C16H21N3OS/c1-17-9-13(11-20)19-8-7-14-15(10-19)21-16(18-14)12-5-3-2-4-6-12/h2-6,11,16-18,20H,7-10H2,1H3/b13-11-. The molecule has 4 nitrogen and oxygen atoms in total. The van der Waals surface area contributed by atoms with Gasteiger partial charge < -0.3 is 20.6 Å². The number of aliphatic hydroxyl groups is 1. The lowest BCUT2D eigenvalue weighted by atomic mass is 10.1. The predicted octanol–water partition coefficient (Wildman–Crippen LogP) is 2.56. The van der Waals surface area contributed by atoms with E-state index in [9.17, 15) is 5.11 Å². The molecule has 3 rings (SSSR count). The van der Waals surface area contributed by atoms with Crippen LogP contribution in [-0.2, 0) is 0 Å². The molecule has 1 aromatic carbocycles. The van der Waals surface area contributed by atoms with Crippen LogP contribution in [-0.4, -0.2) is 36.7 Å². The lowest BCUT2D eigenvalue weighted by molar-refractivity contribution is 0.328. The molecule has 0 radical (unpaired) electrons. The first kappa shape index (κ1) is 14.4. The molecular weight excluding hydrogens is 282 g/mol. The van der Waals surface area contributed by atoms with Crippen molar-refractivity contribution in [1.29, 1.82) is 0 Å². The second kappa shape index (κ2) is 6.45. The van der Waals surface area contributed by atoms with E-state index in [0.717, 1.165) is 25.2 Å². The second-order valence-corrected chi connectivity index (χ2v) is 6.48. The summed E-state index contributed by atoms with van der Waals surface area (Å²) in [5.74, 6) is 0. The summed E-state index contributed by atoms with van der Waals surface area (Å²) in [6.07, 6.45) is 2.23. The van der Waals surface area contributed by atoms with Gasteiger partial charge in [-0.2, -0.15) is 0 Å². The molecule has 1 unspecified atom stereocenters. The molecule has 0 spiro atoms. The van der Waals surface area contributed by atoms with Crippen LogP contribution in [0.5, 0.6) is 0 Å². The molecule has 21 heavy (non-hydrogen) atoms. The lowest BCUT2D eigenvalue weighted by Crippen LogP contribution is -2.34. The Morgan fingerprint density at radius 1 is 1.48 bits per heavy atom. The highest BCUT2D eigenvalue weighted by Crippen LogP contribution is 2.43. The fraction of sp³-hybridized carbons (Fsp3) is 0.375.